The van der Waals surface area contributed by atoms with Crippen LogP contribution in [-0.4, -0.2) is 0 Å². The fourth-order valence-corrected chi connectivity index (χ4v) is 6.42. The van der Waals surface area contributed by atoms with Crippen LogP contribution in [0.15, 0.2) is 132 Å². The van der Waals surface area contributed by atoms with E-state index in [0.29, 0.717) is 0 Å². The Morgan fingerprint density at radius 3 is 0.971 bits per heavy atom. The van der Waals surface area contributed by atoms with Crippen LogP contribution in [0.1, 0.15) is 48.9 Å². The molecule has 0 aromatic heterocycles. The number of hydrogen-bond donors (Lipinski definition) is 0. The average molecular weight is 451 g/mol. The molecule has 4 aromatic carbocycles. The predicted octanol–water partition coefficient (Wildman–Crippen LogP) is 9.34. The van der Waals surface area contributed by atoms with E-state index < -0.39 is 0 Å². The average Bonchev–Trinajstić information content (AvgIpc) is 3.47. The molecule has 0 N–H and O–H groups in total. The maximum absolute atomic E-state index is 2.33. The summed E-state index contributed by atoms with van der Waals surface area (Å²) in [6.07, 6.45) is 2.14. The molecule has 0 unspecified atom stereocenters. The summed E-state index contributed by atoms with van der Waals surface area (Å²) in [7, 11) is 0. The first-order valence-electron chi connectivity index (χ1n) is 12.8. The van der Waals surface area contributed by atoms with Gasteiger partial charge in [-0.25, -0.2) is 0 Å². The molecular weight excluding hydrogens is 420 g/mol. The number of allylic oxidation sites excluding steroid dienone is 6. The van der Waals surface area contributed by atoms with Gasteiger partial charge in [-0.15, -0.1) is 0 Å². The van der Waals surface area contributed by atoms with Crippen LogP contribution < -0.4 is 0 Å². The van der Waals surface area contributed by atoms with Gasteiger partial charge in [0.25, 0.3) is 0 Å². The second-order valence-electron chi connectivity index (χ2n) is 9.38. The maximum Gasteiger partial charge on any atom is 0.0651 e. The van der Waals surface area contributed by atoms with Gasteiger partial charge in [-0.3, -0.25) is 0 Å². The minimum atomic E-state index is -0.136. The molecule has 170 valence electrons. The van der Waals surface area contributed by atoms with Crippen molar-refractivity contribution in [3.8, 4) is 0 Å². The van der Waals surface area contributed by atoms with Gasteiger partial charge in [-0.2, -0.15) is 0 Å². The summed E-state index contributed by atoms with van der Waals surface area (Å²) in [5.41, 5.74) is 13.9. The lowest BCUT2D eigenvalue weighted by molar-refractivity contribution is 0.875. The van der Waals surface area contributed by atoms with Gasteiger partial charge < -0.3 is 0 Å². The first-order chi connectivity index (χ1) is 17.3. The molecule has 0 heterocycles. The van der Waals surface area contributed by atoms with E-state index in [1.165, 1.54) is 44.5 Å². The molecule has 0 saturated heterocycles. The van der Waals surface area contributed by atoms with E-state index in [0.717, 1.165) is 12.8 Å². The highest BCUT2D eigenvalue weighted by Crippen LogP contribution is 2.76. The van der Waals surface area contributed by atoms with Crippen LogP contribution in [-0.2, 0) is 0 Å². The Balaban J connectivity index is 1.79. The molecule has 0 amide bonds. The molecule has 2 aliphatic carbocycles. The van der Waals surface area contributed by atoms with E-state index in [9.17, 15) is 0 Å². The highest BCUT2D eigenvalue weighted by atomic mass is 14.6. The van der Waals surface area contributed by atoms with Crippen molar-refractivity contribution < 1.29 is 0 Å². The van der Waals surface area contributed by atoms with Crippen LogP contribution in [0.5, 0.6) is 0 Å². The molecule has 0 aliphatic heterocycles. The van der Waals surface area contributed by atoms with Crippen molar-refractivity contribution in [3.63, 3.8) is 0 Å². The lowest BCUT2D eigenvalue weighted by Crippen LogP contribution is -2.11. The molecule has 0 bridgehead atoms. The standard InChI is InChI=1S/C35H30/c1-3-29-30(4-2)35(29)33(27-21-13-7-14-22-27)31(25-17-9-5-10-18-25)32(26-19-11-6-12-20-26)34(35)28-23-15-8-16-24-28/h5-24H,3-4H2,1-2H3. The minimum Gasteiger partial charge on any atom is -0.0622 e. The third kappa shape index (κ3) is 3.21. The molecule has 0 saturated carbocycles. The molecule has 0 nitrogen and oxygen atoms in total. The van der Waals surface area contributed by atoms with Crippen molar-refractivity contribution in [2.24, 2.45) is 5.41 Å². The summed E-state index contributed by atoms with van der Waals surface area (Å²) >= 11 is 0. The molecule has 0 radical (unpaired) electrons. The maximum atomic E-state index is 2.33. The summed E-state index contributed by atoms with van der Waals surface area (Å²) in [6, 6.07) is 44.2. The van der Waals surface area contributed by atoms with Crippen LogP contribution in [0, 0.1) is 5.41 Å². The smallest absolute Gasteiger partial charge is 0.0622 e. The van der Waals surface area contributed by atoms with Crippen LogP contribution in [0.4, 0.5) is 0 Å². The first-order valence-corrected chi connectivity index (χ1v) is 12.8. The molecule has 1 spiro atoms. The van der Waals surface area contributed by atoms with E-state index in [1.54, 1.807) is 11.1 Å². The topological polar surface area (TPSA) is 0 Å². The largest absolute Gasteiger partial charge is 0.0651 e. The van der Waals surface area contributed by atoms with Crippen molar-refractivity contribution >= 4 is 22.3 Å². The van der Waals surface area contributed by atoms with Gasteiger partial charge in [0.15, 0.2) is 0 Å². The Kier molecular flexibility index (Phi) is 5.38. The molecule has 0 atom stereocenters. The molecule has 0 fully saturated rings. The summed E-state index contributed by atoms with van der Waals surface area (Å²) in [4.78, 5) is 0. The lowest BCUT2D eigenvalue weighted by Gasteiger charge is -2.25. The van der Waals surface area contributed by atoms with Gasteiger partial charge in [0.2, 0.25) is 0 Å². The molecule has 6 rings (SSSR count). The summed E-state index contributed by atoms with van der Waals surface area (Å²) < 4.78 is 0. The molecule has 2 aliphatic rings. The molecule has 4 aromatic rings. The second kappa shape index (κ2) is 8.71. The van der Waals surface area contributed by atoms with Crippen LogP contribution >= 0.6 is 0 Å². The monoisotopic (exact) mass is 450 g/mol. The van der Waals surface area contributed by atoms with Gasteiger partial charge in [-0.1, -0.05) is 146 Å². The van der Waals surface area contributed by atoms with Crippen LogP contribution in [0.3, 0.4) is 0 Å². The summed E-state index contributed by atoms with van der Waals surface area (Å²) in [6.45, 7) is 4.65. The Morgan fingerprint density at radius 2 is 0.686 bits per heavy atom. The Morgan fingerprint density at radius 1 is 0.400 bits per heavy atom. The lowest BCUT2D eigenvalue weighted by atomic mass is 9.76. The van der Waals surface area contributed by atoms with Gasteiger partial charge >= 0.3 is 0 Å². The third-order valence-electron chi connectivity index (χ3n) is 7.66. The zero-order valence-electron chi connectivity index (χ0n) is 20.5. The van der Waals surface area contributed by atoms with Crippen molar-refractivity contribution in [1.29, 1.82) is 0 Å². The normalized spacial score (nSPS) is 16.4. The number of hydrogen-bond acceptors (Lipinski definition) is 0. The fourth-order valence-electron chi connectivity index (χ4n) is 6.42. The molecule has 0 heteroatoms. The van der Waals surface area contributed by atoms with E-state index in [4.69, 9.17) is 0 Å². The fraction of sp³-hybridized carbons (Fsp3) is 0.143. The van der Waals surface area contributed by atoms with Gasteiger partial charge in [0.1, 0.15) is 0 Å². The zero-order valence-corrected chi connectivity index (χ0v) is 20.5. The Hall–Kier alpha value is -3.90. The number of benzene rings is 4. The van der Waals surface area contributed by atoms with E-state index in [2.05, 4.69) is 135 Å². The Bertz CT molecular complexity index is 1340. The molecule has 35 heavy (non-hydrogen) atoms. The minimum absolute atomic E-state index is 0.136. The summed E-state index contributed by atoms with van der Waals surface area (Å²) in [5.74, 6) is 0. The van der Waals surface area contributed by atoms with Gasteiger partial charge in [0.05, 0.1) is 5.41 Å². The third-order valence-corrected chi connectivity index (χ3v) is 7.66. The first kappa shape index (κ1) is 21.6. The molecular formula is C35H30. The van der Waals surface area contributed by atoms with Gasteiger partial charge in [0, 0.05) is 0 Å². The van der Waals surface area contributed by atoms with Crippen LogP contribution in [0.25, 0.3) is 22.3 Å². The predicted molar refractivity (Wildman–Crippen MR) is 149 cm³/mol. The Labute approximate surface area is 209 Å². The number of rotatable bonds is 6. The van der Waals surface area contributed by atoms with E-state index in [-0.39, 0.29) is 5.41 Å². The van der Waals surface area contributed by atoms with E-state index >= 15 is 0 Å². The second-order valence-corrected chi connectivity index (χ2v) is 9.38. The van der Waals surface area contributed by atoms with Gasteiger partial charge in [-0.05, 0) is 57.4 Å². The highest BCUT2D eigenvalue weighted by Gasteiger charge is 2.61. The van der Waals surface area contributed by atoms with Crippen molar-refractivity contribution in [1.82, 2.24) is 0 Å². The van der Waals surface area contributed by atoms with Crippen molar-refractivity contribution in [2.45, 2.75) is 26.7 Å². The SMILES string of the molecule is CCC1=C(CC)C12C(c1ccccc1)=C(c1ccccc1)C(c1ccccc1)=C2c1ccccc1. The van der Waals surface area contributed by atoms with Crippen LogP contribution in [0.2, 0.25) is 0 Å². The van der Waals surface area contributed by atoms with Crippen molar-refractivity contribution in [3.05, 3.63) is 155 Å². The van der Waals surface area contributed by atoms with Crippen molar-refractivity contribution in [2.75, 3.05) is 0 Å². The summed E-state index contributed by atoms with van der Waals surface area (Å²) in [5, 5.41) is 0. The quantitative estimate of drug-likeness (QED) is 0.257. The zero-order chi connectivity index (χ0) is 23.8. The van der Waals surface area contributed by atoms with E-state index in [1.807, 2.05) is 0 Å². The highest BCUT2D eigenvalue weighted by molar-refractivity contribution is 6.33.